The van der Waals surface area contributed by atoms with Crippen LogP contribution in [0.5, 0.6) is 0 Å². The van der Waals surface area contributed by atoms with Crippen molar-refractivity contribution in [2.45, 2.75) is 13.5 Å². The summed E-state index contributed by atoms with van der Waals surface area (Å²) in [4.78, 5) is 5.33. The van der Waals surface area contributed by atoms with Crippen LogP contribution in [0.2, 0.25) is 0 Å². The lowest BCUT2D eigenvalue weighted by molar-refractivity contribution is 0.184. The number of nitriles is 1. The van der Waals surface area contributed by atoms with E-state index in [2.05, 4.69) is 21.6 Å². The van der Waals surface area contributed by atoms with Crippen LogP contribution in [-0.2, 0) is 11.3 Å². The maximum absolute atomic E-state index is 9.26. The number of hydrazone groups is 1. The van der Waals surface area contributed by atoms with Crippen LogP contribution in [0.4, 0.5) is 5.82 Å². The molecule has 0 saturated heterocycles. The van der Waals surface area contributed by atoms with Crippen LogP contribution in [0.3, 0.4) is 0 Å². The minimum atomic E-state index is 0.371. The molecular weight excluding hydrogens is 272 g/mol. The molecule has 5 nitrogen and oxygen atoms in total. The summed E-state index contributed by atoms with van der Waals surface area (Å²) >= 11 is 1.59. The van der Waals surface area contributed by atoms with Crippen LogP contribution >= 0.6 is 11.3 Å². The SMILES string of the molecule is COCc1cc(C)nc(N/N=C/c2cccs2)c1C#N. The first-order valence-corrected chi connectivity index (χ1v) is 6.84. The molecule has 0 fully saturated rings. The summed E-state index contributed by atoms with van der Waals surface area (Å²) in [5, 5.41) is 15.4. The topological polar surface area (TPSA) is 70.3 Å². The number of hydrogen-bond donors (Lipinski definition) is 1. The Morgan fingerprint density at radius 3 is 3.10 bits per heavy atom. The first kappa shape index (κ1) is 14.2. The number of methoxy groups -OCH3 is 1. The zero-order valence-electron chi connectivity index (χ0n) is 11.3. The van der Waals surface area contributed by atoms with Crippen LogP contribution in [-0.4, -0.2) is 18.3 Å². The number of hydrogen-bond acceptors (Lipinski definition) is 6. The third-order valence-electron chi connectivity index (χ3n) is 2.55. The summed E-state index contributed by atoms with van der Waals surface area (Å²) < 4.78 is 5.10. The van der Waals surface area contributed by atoms with E-state index in [1.807, 2.05) is 30.5 Å². The minimum Gasteiger partial charge on any atom is -0.380 e. The predicted molar refractivity (Wildman–Crippen MR) is 79.9 cm³/mol. The number of thiophene rings is 1. The van der Waals surface area contributed by atoms with Crippen LogP contribution in [0.15, 0.2) is 28.7 Å². The first-order chi connectivity index (χ1) is 9.74. The smallest absolute Gasteiger partial charge is 0.164 e. The van der Waals surface area contributed by atoms with Gasteiger partial charge in [0.15, 0.2) is 5.82 Å². The highest BCUT2D eigenvalue weighted by atomic mass is 32.1. The fourth-order valence-electron chi connectivity index (χ4n) is 1.74. The Balaban J connectivity index is 2.24. The van der Waals surface area contributed by atoms with Crippen molar-refractivity contribution < 1.29 is 4.74 Å². The monoisotopic (exact) mass is 286 g/mol. The van der Waals surface area contributed by atoms with Crippen LogP contribution < -0.4 is 5.43 Å². The Labute approximate surface area is 121 Å². The number of nitrogens with zero attached hydrogens (tertiary/aromatic N) is 3. The Morgan fingerprint density at radius 1 is 1.60 bits per heavy atom. The minimum absolute atomic E-state index is 0.371. The third-order valence-corrected chi connectivity index (χ3v) is 3.35. The highest BCUT2D eigenvalue weighted by Crippen LogP contribution is 2.19. The van der Waals surface area contributed by atoms with Crippen LogP contribution in [0.25, 0.3) is 0 Å². The van der Waals surface area contributed by atoms with Gasteiger partial charge in [-0.25, -0.2) is 4.98 Å². The lowest BCUT2D eigenvalue weighted by Crippen LogP contribution is -2.03. The molecule has 2 aromatic rings. The number of ether oxygens (including phenoxy) is 1. The predicted octanol–water partition coefficient (Wildman–Crippen LogP) is 2.92. The van der Waals surface area contributed by atoms with E-state index in [1.54, 1.807) is 24.7 Å². The zero-order valence-corrected chi connectivity index (χ0v) is 12.1. The van der Waals surface area contributed by atoms with E-state index in [9.17, 15) is 5.26 Å². The molecule has 0 aromatic carbocycles. The Kier molecular flexibility index (Phi) is 4.82. The van der Waals surface area contributed by atoms with E-state index in [-0.39, 0.29) is 0 Å². The van der Waals surface area contributed by atoms with Gasteiger partial charge in [0.05, 0.1) is 12.8 Å². The van der Waals surface area contributed by atoms with Crippen molar-refractivity contribution >= 4 is 23.4 Å². The fraction of sp³-hybridized carbons (Fsp3) is 0.214. The molecule has 0 spiro atoms. The first-order valence-electron chi connectivity index (χ1n) is 5.96. The van der Waals surface area contributed by atoms with Crippen molar-refractivity contribution in [2.75, 3.05) is 12.5 Å². The van der Waals surface area contributed by atoms with E-state index in [0.717, 1.165) is 16.1 Å². The van der Waals surface area contributed by atoms with Gasteiger partial charge in [-0.15, -0.1) is 11.3 Å². The van der Waals surface area contributed by atoms with Crippen molar-refractivity contribution in [3.63, 3.8) is 0 Å². The van der Waals surface area contributed by atoms with Gasteiger partial charge >= 0.3 is 0 Å². The normalized spacial score (nSPS) is 10.7. The molecule has 0 aliphatic rings. The average Bonchev–Trinajstić information content (AvgIpc) is 2.92. The maximum Gasteiger partial charge on any atom is 0.164 e. The van der Waals surface area contributed by atoms with Crippen molar-refractivity contribution in [3.8, 4) is 6.07 Å². The second-order valence-corrected chi connectivity index (χ2v) is 5.06. The maximum atomic E-state index is 9.26. The summed E-state index contributed by atoms with van der Waals surface area (Å²) in [6, 6.07) is 7.90. The molecule has 0 atom stereocenters. The molecule has 0 radical (unpaired) electrons. The second kappa shape index (κ2) is 6.80. The summed E-state index contributed by atoms with van der Waals surface area (Å²) in [6.45, 7) is 2.24. The van der Waals surface area contributed by atoms with Gasteiger partial charge in [0.25, 0.3) is 0 Å². The van der Waals surface area contributed by atoms with Crippen molar-refractivity contribution in [1.82, 2.24) is 4.98 Å². The van der Waals surface area contributed by atoms with Gasteiger partial charge in [-0.1, -0.05) is 6.07 Å². The van der Waals surface area contributed by atoms with Gasteiger partial charge in [0, 0.05) is 23.2 Å². The van der Waals surface area contributed by atoms with E-state index >= 15 is 0 Å². The average molecular weight is 286 g/mol. The molecule has 0 unspecified atom stereocenters. The molecule has 6 heteroatoms. The molecule has 0 aliphatic carbocycles. The van der Waals surface area contributed by atoms with E-state index in [1.165, 1.54) is 0 Å². The molecule has 102 valence electrons. The summed E-state index contributed by atoms with van der Waals surface area (Å²) in [5.41, 5.74) is 4.90. The number of anilines is 1. The molecule has 20 heavy (non-hydrogen) atoms. The molecule has 0 aliphatic heterocycles. The van der Waals surface area contributed by atoms with Gasteiger partial charge < -0.3 is 4.74 Å². The second-order valence-electron chi connectivity index (χ2n) is 4.08. The molecule has 2 aromatic heterocycles. The van der Waals surface area contributed by atoms with E-state index < -0.39 is 0 Å². The quantitative estimate of drug-likeness (QED) is 0.677. The van der Waals surface area contributed by atoms with E-state index in [0.29, 0.717) is 18.0 Å². The molecule has 2 rings (SSSR count). The standard InChI is InChI=1S/C14H14N4OS/c1-10-6-11(9-19-2)13(7-15)14(17-10)18-16-8-12-4-3-5-20-12/h3-6,8H,9H2,1-2H3,(H,17,18)/b16-8+. The fourth-order valence-corrected chi connectivity index (χ4v) is 2.32. The summed E-state index contributed by atoms with van der Waals surface area (Å²) in [6.07, 6.45) is 1.70. The number of pyridine rings is 1. The molecule has 2 heterocycles. The Bertz CT molecular complexity index is 644. The van der Waals surface area contributed by atoms with Crippen molar-refractivity contribution in [3.05, 3.63) is 45.3 Å². The number of nitrogens with one attached hydrogen (secondary N) is 1. The Morgan fingerprint density at radius 2 is 2.45 bits per heavy atom. The van der Waals surface area contributed by atoms with Crippen molar-refractivity contribution in [2.24, 2.45) is 5.10 Å². The lowest BCUT2D eigenvalue weighted by Gasteiger charge is -2.08. The van der Waals surface area contributed by atoms with Gasteiger partial charge in [-0.3, -0.25) is 5.43 Å². The number of aryl methyl sites for hydroxylation is 1. The largest absolute Gasteiger partial charge is 0.380 e. The van der Waals surface area contributed by atoms with Crippen molar-refractivity contribution in [1.29, 1.82) is 5.26 Å². The summed E-state index contributed by atoms with van der Waals surface area (Å²) in [7, 11) is 1.60. The van der Waals surface area contributed by atoms with E-state index in [4.69, 9.17) is 4.74 Å². The third kappa shape index (κ3) is 3.41. The molecule has 0 bridgehead atoms. The van der Waals surface area contributed by atoms with Crippen LogP contribution in [0, 0.1) is 18.3 Å². The lowest BCUT2D eigenvalue weighted by atomic mass is 10.1. The molecular formula is C14H14N4OS. The number of rotatable bonds is 5. The highest BCUT2D eigenvalue weighted by Gasteiger charge is 2.10. The van der Waals surface area contributed by atoms with Gasteiger partial charge in [0.2, 0.25) is 0 Å². The Hall–Kier alpha value is -2.23. The zero-order chi connectivity index (χ0) is 14.4. The van der Waals surface area contributed by atoms with Gasteiger partial charge in [-0.2, -0.15) is 10.4 Å². The van der Waals surface area contributed by atoms with Gasteiger partial charge in [-0.05, 0) is 24.4 Å². The van der Waals surface area contributed by atoms with Gasteiger partial charge in [0.1, 0.15) is 11.6 Å². The highest BCUT2D eigenvalue weighted by molar-refractivity contribution is 7.11. The molecule has 1 N–H and O–H groups in total. The summed E-state index contributed by atoms with van der Waals surface area (Å²) in [5.74, 6) is 0.451. The number of aromatic nitrogens is 1. The molecule has 0 amide bonds. The molecule has 0 saturated carbocycles. The van der Waals surface area contributed by atoms with Crippen LogP contribution in [0.1, 0.15) is 21.7 Å².